The third kappa shape index (κ3) is 4.01. The van der Waals surface area contributed by atoms with Crippen LogP contribution < -0.4 is 14.2 Å². The van der Waals surface area contributed by atoms with E-state index >= 15 is 0 Å². The standard InChI is InChI=1S/C14H14INO4S/c1-19-12-7-11(8-13(9-12)20-2)16-21(17,18)14-5-3-10(15)4-6-14/h3-9,16H,1-2H3. The van der Waals surface area contributed by atoms with Crippen LogP contribution in [0, 0.1) is 3.57 Å². The van der Waals surface area contributed by atoms with Gasteiger partial charge in [0.1, 0.15) is 11.5 Å². The molecule has 0 saturated heterocycles. The number of ether oxygens (including phenoxy) is 2. The Balaban J connectivity index is 2.34. The largest absolute Gasteiger partial charge is 0.497 e. The number of benzene rings is 2. The maximum atomic E-state index is 12.3. The summed E-state index contributed by atoms with van der Waals surface area (Å²) in [5, 5.41) is 0. The summed E-state index contributed by atoms with van der Waals surface area (Å²) in [6.45, 7) is 0. The molecule has 2 aromatic carbocycles. The minimum atomic E-state index is -3.64. The highest BCUT2D eigenvalue weighted by molar-refractivity contribution is 14.1. The Hall–Kier alpha value is -1.48. The zero-order chi connectivity index (χ0) is 15.5. The van der Waals surface area contributed by atoms with Gasteiger partial charge in [-0.1, -0.05) is 0 Å². The lowest BCUT2D eigenvalue weighted by Gasteiger charge is -2.11. The second-order valence-electron chi connectivity index (χ2n) is 4.16. The summed E-state index contributed by atoms with van der Waals surface area (Å²) in [4.78, 5) is 0.199. The van der Waals surface area contributed by atoms with Crippen molar-refractivity contribution in [2.75, 3.05) is 18.9 Å². The Kier molecular flexibility index (Phi) is 4.94. The Morgan fingerprint density at radius 3 is 1.95 bits per heavy atom. The molecule has 0 radical (unpaired) electrons. The summed E-state index contributed by atoms with van der Waals surface area (Å²) >= 11 is 2.12. The summed E-state index contributed by atoms with van der Waals surface area (Å²) < 4.78 is 38.3. The summed E-state index contributed by atoms with van der Waals surface area (Å²) in [6.07, 6.45) is 0. The molecule has 0 aliphatic carbocycles. The van der Waals surface area contributed by atoms with E-state index in [0.29, 0.717) is 17.2 Å². The van der Waals surface area contributed by atoms with Gasteiger partial charge in [0.15, 0.2) is 0 Å². The molecule has 0 unspecified atom stereocenters. The van der Waals surface area contributed by atoms with Crippen molar-refractivity contribution in [2.45, 2.75) is 4.90 Å². The Bertz CT molecular complexity index is 707. The van der Waals surface area contributed by atoms with E-state index in [0.717, 1.165) is 3.57 Å². The minimum absolute atomic E-state index is 0.199. The monoisotopic (exact) mass is 419 g/mol. The average molecular weight is 419 g/mol. The van der Waals surface area contributed by atoms with Gasteiger partial charge in [-0.3, -0.25) is 4.72 Å². The second-order valence-corrected chi connectivity index (χ2v) is 7.09. The SMILES string of the molecule is COc1cc(NS(=O)(=O)c2ccc(I)cc2)cc(OC)c1. The van der Waals surface area contributed by atoms with Gasteiger partial charge in [0.2, 0.25) is 0 Å². The van der Waals surface area contributed by atoms with Crippen molar-refractivity contribution >= 4 is 38.3 Å². The van der Waals surface area contributed by atoms with Gasteiger partial charge in [-0.25, -0.2) is 8.42 Å². The third-order valence-electron chi connectivity index (χ3n) is 2.73. The van der Waals surface area contributed by atoms with Gasteiger partial charge in [0.05, 0.1) is 24.8 Å². The fourth-order valence-corrected chi connectivity index (χ4v) is 3.09. The molecule has 0 bridgehead atoms. The topological polar surface area (TPSA) is 64.6 Å². The predicted octanol–water partition coefficient (Wildman–Crippen LogP) is 3.11. The molecule has 1 N–H and O–H groups in total. The van der Waals surface area contributed by atoms with Gasteiger partial charge in [0, 0.05) is 21.8 Å². The zero-order valence-electron chi connectivity index (χ0n) is 11.5. The molecule has 0 amide bonds. The van der Waals surface area contributed by atoms with Crippen molar-refractivity contribution in [3.05, 3.63) is 46.0 Å². The van der Waals surface area contributed by atoms with Crippen LogP contribution in [-0.2, 0) is 10.0 Å². The maximum absolute atomic E-state index is 12.3. The number of halogens is 1. The molecule has 2 aromatic rings. The fourth-order valence-electron chi connectivity index (χ4n) is 1.69. The van der Waals surface area contributed by atoms with Gasteiger partial charge < -0.3 is 9.47 Å². The Morgan fingerprint density at radius 1 is 0.952 bits per heavy atom. The number of methoxy groups -OCH3 is 2. The van der Waals surface area contributed by atoms with Gasteiger partial charge in [-0.05, 0) is 46.9 Å². The summed E-state index contributed by atoms with van der Waals surface area (Å²) in [5.74, 6) is 1.02. The van der Waals surface area contributed by atoms with E-state index < -0.39 is 10.0 Å². The maximum Gasteiger partial charge on any atom is 0.261 e. The van der Waals surface area contributed by atoms with Crippen LogP contribution in [0.2, 0.25) is 0 Å². The molecule has 0 aromatic heterocycles. The normalized spacial score (nSPS) is 11.0. The number of hydrogen-bond donors (Lipinski definition) is 1. The van der Waals surface area contributed by atoms with E-state index in [1.54, 1.807) is 42.5 Å². The van der Waals surface area contributed by atoms with Gasteiger partial charge in [-0.2, -0.15) is 0 Å². The molecular formula is C14H14INO4S. The van der Waals surface area contributed by atoms with Gasteiger partial charge >= 0.3 is 0 Å². The van der Waals surface area contributed by atoms with Crippen LogP contribution in [0.3, 0.4) is 0 Å². The molecule has 112 valence electrons. The number of rotatable bonds is 5. The lowest BCUT2D eigenvalue weighted by atomic mass is 10.3. The molecule has 21 heavy (non-hydrogen) atoms. The average Bonchev–Trinajstić information content (AvgIpc) is 2.46. The molecule has 5 nitrogen and oxygen atoms in total. The molecule has 0 aliphatic rings. The summed E-state index contributed by atoms with van der Waals surface area (Å²) in [6, 6.07) is 11.4. The first-order valence-electron chi connectivity index (χ1n) is 5.96. The van der Waals surface area contributed by atoms with Crippen LogP contribution in [0.25, 0.3) is 0 Å². The quantitative estimate of drug-likeness (QED) is 0.757. The highest BCUT2D eigenvalue weighted by Crippen LogP contribution is 2.27. The first kappa shape index (κ1) is 15.9. The van der Waals surface area contributed by atoms with Gasteiger partial charge in [0.25, 0.3) is 10.0 Å². The molecule has 0 spiro atoms. The molecule has 0 fully saturated rings. The van der Waals surface area contributed by atoms with Crippen LogP contribution in [0.1, 0.15) is 0 Å². The molecule has 2 rings (SSSR count). The molecule has 7 heteroatoms. The van der Waals surface area contributed by atoms with Crippen molar-refractivity contribution < 1.29 is 17.9 Å². The second kappa shape index (κ2) is 6.52. The molecular weight excluding hydrogens is 405 g/mol. The predicted molar refractivity (Wildman–Crippen MR) is 89.5 cm³/mol. The molecule has 0 aliphatic heterocycles. The first-order valence-corrected chi connectivity index (χ1v) is 8.52. The van der Waals surface area contributed by atoms with Crippen LogP contribution in [0.5, 0.6) is 11.5 Å². The number of nitrogens with one attached hydrogen (secondary N) is 1. The van der Waals surface area contributed by atoms with Crippen molar-refractivity contribution in [1.29, 1.82) is 0 Å². The van der Waals surface area contributed by atoms with Crippen molar-refractivity contribution in [2.24, 2.45) is 0 Å². The summed E-state index contributed by atoms with van der Waals surface area (Å²) in [7, 11) is -0.632. The van der Waals surface area contributed by atoms with Crippen molar-refractivity contribution in [1.82, 2.24) is 0 Å². The Labute approximate surface area is 137 Å². The lowest BCUT2D eigenvalue weighted by molar-refractivity contribution is 0.395. The number of anilines is 1. The fraction of sp³-hybridized carbons (Fsp3) is 0.143. The van der Waals surface area contributed by atoms with Crippen LogP contribution in [0.4, 0.5) is 5.69 Å². The van der Waals surface area contributed by atoms with Crippen LogP contribution in [0.15, 0.2) is 47.4 Å². The molecule has 0 saturated carbocycles. The van der Waals surface area contributed by atoms with E-state index in [1.807, 2.05) is 0 Å². The van der Waals surface area contributed by atoms with Crippen LogP contribution >= 0.6 is 22.6 Å². The molecule has 0 heterocycles. The number of hydrogen-bond acceptors (Lipinski definition) is 4. The van der Waals surface area contributed by atoms with E-state index in [9.17, 15) is 8.42 Å². The smallest absolute Gasteiger partial charge is 0.261 e. The van der Waals surface area contributed by atoms with E-state index in [1.165, 1.54) is 14.2 Å². The highest BCUT2D eigenvalue weighted by atomic mass is 127. The lowest BCUT2D eigenvalue weighted by Crippen LogP contribution is -2.13. The van der Waals surface area contributed by atoms with Crippen LogP contribution in [-0.4, -0.2) is 22.6 Å². The minimum Gasteiger partial charge on any atom is -0.497 e. The summed E-state index contributed by atoms with van der Waals surface area (Å²) in [5.41, 5.74) is 0.379. The van der Waals surface area contributed by atoms with E-state index in [-0.39, 0.29) is 4.90 Å². The molecule has 0 atom stereocenters. The van der Waals surface area contributed by atoms with Crippen molar-refractivity contribution in [3.8, 4) is 11.5 Å². The van der Waals surface area contributed by atoms with E-state index in [2.05, 4.69) is 27.3 Å². The first-order chi connectivity index (χ1) is 9.94. The number of sulfonamides is 1. The third-order valence-corrected chi connectivity index (χ3v) is 4.84. The van der Waals surface area contributed by atoms with E-state index in [4.69, 9.17) is 9.47 Å². The van der Waals surface area contributed by atoms with Crippen molar-refractivity contribution in [3.63, 3.8) is 0 Å². The Morgan fingerprint density at radius 2 is 1.48 bits per heavy atom. The highest BCUT2D eigenvalue weighted by Gasteiger charge is 2.15. The van der Waals surface area contributed by atoms with Gasteiger partial charge in [-0.15, -0.1) is 0 Å². The zero-order valence-corrected chi connectivity index (χ0v) is 14.4.